The van der Waals surface area contributed by atoms with E-state index in [1.54, 1.807) is 0 Å². The lowest BCUT2D eigenvalue weighted by Gasteiger charge is -2.32. The first kappa shape index (κ1) is 14.4. The molecule has 0 spiro atoms. The summed E-state index contributed by atoms with van der Waals surface area (Å²) in [5, 5.41) is 4.54. The number of nitrogens with one attached hydrogen (secondary N) is 1. The lowest BCUT2D eigenvalue weighted by atomic mass is 9.76. The van der Waals surface area contributed by atoms with Crippen LogP contribution in [-0.2, 0) is 10.2 Å². The van der Waals surface area contributed by atoms with Gasteiger partial charge in [0, 0.05) is 17.9 Å². The summed E-state index contributed by atoms with van der Waals surface area (Å²) in [4.78, 5) is 12.7. The van der Waals surface area contributed by atoms with E-state index in [0.717, 1.165) is 25.9 Å². The molecule has 1 saturated heterocycles. The van der Waals surface area contributed by atoms with E-state index in [9.17, 15) is 4.79 Å². The fourth-order valence-corrected chi connectivity index (χ4v) is 4.21. The van der Waals surface area contributed by atoms with E-state index < -0.39 is 0 Å². The van der Waals surface area contributed by atoms with E-state index in [1.807, 2.05) is 32.0 Å². The van der Waals surface area contributed by atoms with E-state index in [1.165, 1.54) is 5.56 Å². The van der Waals surface area contributed by atoms with Gasteiger partial charge < -0.3 is 5.32 Å². The smallest absolute Gasteiger partial charge is 0.143 e. The first-order valence-corrected chi connectivity index (χ1v) is 7.89. The maximum Gasteiger partial charge on any atom is 0.143 e. The van der Waals surface area contributed by atoms with Crippen molar-refractivity contribution >= 4 is 29.0 Å². The molecule has 4 heteroatoms. The highest BCUT2D eigenvalue weighted by atomic mass is 35.5. The predicted molar refractivity (Wildman–Crippen MR) is 82.5 cm³/mol. The van der Waals surface area contributed by atoms with Gasteiger partial charge >= 0.3 is 0 Å². The number of halogens is 2. The van der Waals surface area contributed by atoms with Gasteiger partial charge in [-0.05, 0) is 37.1 Å². The van der Waals surface area contributed by atoms with Crippen LogP contribution in [0.25, 0.3) is 0 Å². The van der Waals surface area contributed by atoms with E-state index in [4.69, 9.17) is 23.2 Å². The van der Waals surface area contributed by atoms with Crippen LogP contribution in [0.1, 0.15) is 32.3 Å². The maximum atomic E-state index is 12.7. The van der Waals surface area contributed by atoms with Crippen molar-refractivity contribution in [1.82, 2.24) is 5.32 Å². The van der Waals surface area contributed by atoms with Gasteiger partial charge in [-0.2, -0.15) is 0 Å². The molecule has 20 heavy (non-hydrogen) atoms. The third-order valence-electron chi connectivity index (χ3n) is 5.02. The van der Waals surface area contributed by atoms with E-state index in [2.05, 4.69) is 5.32 Å². The first-order valence-electron chi connectivity index (χ1n) is 7.13. The molecule has 1 N–H and O–H groups in total. The molecule has 1 aliphatic carbocycles. The van der Waals surface area contributed by atoms with Crippen LogP contribution in [0, 0.1) is 11.3 Å². The molecule has 108 valence electrons. The van der Waals surface area contributed by atoms with Crippen molar-refractivity contribution in [3.63, 3.8) is 0 Å². The van der Waals surface area contributed by atoms with Crippen molar-refractivity contribution in [2.75, 3.05) is 13.1 Å². The van der Waals surface area contributed by atoms with Gasteiger partial charge in [0.05, 0.1) is 15.5 Å². The minimum absolute atomic E-state index is 0.0339. The molecule has 0 radical (unpaired) electrons. The Labute approximate surface area is 129 Å². The second-order valence-electron chi connectivity index (χ2n) is 6.42. The first-order chi connectivity index (χ1) is 9.43. The summed E-state index contributed by atoms with van der Waals surface area (Å²) in [6.07, 6.45) is 1.92. The fraction of sp³-hybridized carbons (Fsp3) is 0.562. The minimum atomic E-state index is -0.240. The molecule has 0 bridgehead atoms. The molecule has 1 aliphatic heterocycles. The predicted octanol–water partition coefficient (Wildman–Crippen LogP) is 3.84. The average Bonchev–Trinajstić information content (AvgIpc) is 3.12. The second kappa shape index (κ2) is 4.72. The van der Waals surface area contributed by atoms with E-state index >= 15 is 0 Å². The molecule has 2 nitrogen and oxygen atoms in total. The molecule has 0 amide bonds. The summed E-state index contributed by atoms with van der Waals surface area (Å²) >= 11 is 12.2. The van der Waals surface area contributed by atoms with Crippen LogP contribution in [-0.4, -0.2) is 18.9 Å². The zero-order valence-electron chi connectivity index (χ0n) is 11.8. The molecule has 1 aromatic carbocycles. The van der Waals surface area contributed by atoms with Crippen molar-refractivity contribution in [2.45, 2.75) is 32.1 Å². The fourth-order valence-electron chi connectivity index (χ4n) is 3.91. The number of fused-ring (bicyclic) bond motifs is 1. The molecule has 2 fully saturated rings. The number of ketones is 1. The van der Waals surface area contributed by atoms with Crippen LogP contribution in [0.4, 0.5) is 0 Å². The topological polar surface area (TPSA) is 29.1 Å². The molecule has 2 atom stereocenters. The normalized spacial score (nSPS) is 32.0. The Morgan fingerprint density at radius 3 is 2.70 bits per heavy atom. The van der Waals surface area contributed by atoms with Crippen LogP contribution in [0.15, 0.2) is 18.2 Å². The maximum absolute atomic E-state index is 12.7. The van der Waals surface area contributed by atoms with Gasteiger partial charge in [0.2, 0.25) is 0 Å². The zero-order valence-corrected chi connectivity index (χ0v) is 13.3. The third kappa shape index (κ3) is 1.85. The summed E-state index contributed by atoms with van der Waals surface area (Å²) in [6, 6.07) is 5.83. The molecule has 1 heterocycles. The van der Waals surface area contributed by atoms with Crippen LogP contribution in [0.3, 0.4) is 0 Å². The highest BCUT2D eigenvalue weighted by Gasteiger charge is 2.72. The quantitative estimate of drug-likeness (QED) is 0.919. The van der Waals surface area contributed by atoms with Crippen molar-refractivity contribution in [3.05, 3.63) is 33.8 Å². The van der Waals surface area contributed by atoms with Crippen molar-refractivity contribution in [2.24, 2.45) is 11.3 Å². The Morgan fingerprint density at radius 2 is 2.05 bits per heavy atom. The Balaban J connectivity index is 2.03. The SMILES string of the molecule is CC(C)C(=O)C12CNCCC1(c1ccc(Cl)c(Cl)c1)C2. The number of piperidine rings is 1. The molecule has 1 aromatic rings. The molecule has 1 saturated carbocycles. The van der Waals surface area contributed by atoms with E-state index in [0.29, 0.717) is 15.8 Å². The van der Waals surface area contributed by atoms with Gasteiger partial charge in [-0.15, -0.1) is 0 Å². The summed E-state index contributed by atoms with van der Waals surface area (Å²) in [6.45, 7) is 5.71. The average molecular weight is 312 g/mol. The summed E-state index contributed by atoms with van der Waals surface area (Å²) in [5.41, 5.74) is 0.895. The van der Waals surface area contributed by atoms with Gasteiger partial charge in [-0.1, -0.05) is 43.1 Å². The number of carbonyl (C=O) groups excluding carboxylic acids is 1. The summed E-state index contributed by atoms with van der Waals surface area (Å²) in [5.74, 6) is 0.440. The minimum Gasteiger partial charge on any atom is -0.316 e. The van der Waals surface area contributed by atoms with Crippen LogP contribution in [0.5, 0.6) is 0 Å². The highest BCUT2D eigenvalue weighted by molar-refractivity contribution is 6.42. The number of Topliss-reactive ketones (excluding diaryl/α,β-unsaturated/α-hetero) is 1. The molecular weight excluding hydrogens is 293 g/mol. The van der Waals surface area contributed by atoms with Crippen molar-refractivity contribution in [1.29, 1.82) is 0 Å². The van der Waals surface area contributed by atoms with E-state index in [-0.39, 0.29) is 16.7 Å². The van der Waals surface area contributed by atoms with Gasteiger partial charge in [-0.3, -0.25) is 4.79 Å². The Bertz CT molecular complexity index is 572. The lowest BCUT2D eigenvalue weighted by molar-refractivity contribution is -0.128. The third-order valence-corrected chi connectivity index (χ3v) is 5.76. The number of rotatable bonds is 3. The van der Waals surface area contributed by atoms with Gasteiger partial charge in [-0.25, -0.2) is 0 Å². The monoisotopic (exact) mass is 311 g/mol. The standard InChI is InChI=1S/C16H19Cl2NO/c1-10(2)14(20)16-8-15(16,5-6-19-9-16)11-3-4-12(17)13(18)7-11/h3-4,7,10,19H,5-6,8-9H2,1-2H3. The lowest BCUT2D eigenvalue weighted by Crippen LogP contribution is -2.44. The number of carbonyl (C=O) groups is 1. The zero-order chi connectivity index (χ0) is 14.5. The van der Waals surface area contributed by atoms with Gasteiger partial charge in [0.25, 0.3) is 0 Å². The molecule has 2 unspecified atom stereocenters. The molecular formula is C16H19Cl2NO. The Kier molecular flexibility index (Phi) is 3.39. The number of benzene rings is 1. The van der Waals surface area contributed by atoms with Crippen molar-refractivity contribution < 1.29 is 4.79 Å². The van der Waals surface area contributed by atoms with Gasteiger partial charge in [0.1, 0.15) is 5.78 Å². The molecule has 0 aromatic heterocycles. The van der Waals surface area contributed by atoms with Crippen LogP contribution < -0.4 is 5.32 Å². The summed E-state index contributed by atoms with van der Waals surface area (Å²) in [7, 11) is 0. The summed E-state index contributed by atoms with van der Waals surface area (Å²) < 4.78 is 0. The van der Waals surface area contributed by atoms with Crippen LogP contribution in [0.2, 0.25) is 10.0 Å². The second-order valence-corrected chi connectivity index (χ2v) is 7.23. The Hall–Kier alpha value is -0.570. The Morgan fingerprint density at radius 1 is 1.30 bits per heavy atom. The number of hydrogen-bond donors (Lipinski definition) is 1. The molecule has 2 aliphatic rings. The van der Waals surface area contributed by atoms with Crippen LogP contribution >= 0.6 is 23.2 Å². The largest absolute Gasteiger partial charge is 0.316 e. The number of hydrogen-bond acceptors (Lipinski definition) is 2. The van der Waals surface area contributed by atoms with Gasteiger partial charge in [0.15, 0.2) is 0 Å². The van der Waals surface area contributed by atoms with Crippen molar-refractivity contribution in [3.8, 4) is 0 Å². The molecule has 3 rings (SSSR count). The highest BCUT2D eigenvalue weighted by Crippen LogP contribution is 2.69.